The Morgan fingerprint density at radius 3 is 2.42 bits per heavy atom. The molecule has 0 saturated carbocycles. The number of aromatic nitrogens is 2. The lowest BCUT2D eigenvalue weighted by Crippen LogP contribution is -2.57. The number of allylic oxidation sites excluding steroid dienone is 3. The van der Waals surface area contributed by atoms with E-state index in [1.807, 2.05) is 73.7 Å². The Balaban J connectivity index is 1.64. The zero-order valence-corrected chi connectivity index (χ0v) is 30.2. The van der Waals surface area contributed by atoms with Gasteiger partial charge in [0.05, 0.1) is 12.3 Å². The van der Waals surface area contributed by atoms with E-state index in [1.54, 1.807) is 42.9 Å². The molecular formula is C38H49N3O6Si. The number of nitrogens with zero attached hydrogens (tertiary/aromatic N) is 3. The van der Waals surface area contributed by atoms with Crippen LogP contribution in [-0.4, -0.2) is 63.7 Å². The number of carbonyl (C=O) groups excluding carboxylic acids is 2. The van der Waals surface area contributed by atoms with Crippen LogP contribution in [0.5, 0.6) is 0 Å². The molecule has 0 spiro atoms. The van der Waals surface area contributed by atoms with Crippen LogP contribution < -0.4 is 0 Å². The molecule has 1 aromatic heterocycles. The van der Waals surface area contributed by atoms with Gasteiger partial charge in [0, 0.05) is 20.9 Å². The van der Waals surface area contributed by atoms with Crippen LogP contribution in [-0.2, 0) is 32.3 Å². The van der Waals surface area contributed by atoms with Crippen molar-refractivity contribution in [2.45, 2.75) is 90.1 Å². The molecule has 0 bridgehead atoms. The van der Waals surface area contributed by atoms with E-state index in [1.165, 1.54) is 6.92 Å². The second-order valence-electron chi connectivity index (χ2n) is 14.0. The molecule has 4 rings (SSSR count). The maximum Gasteiger partial charge on any atom is 0.417 e. The fourth-order valence-electron chi connectivity index (χ4n) is 5.51. The summed E-state index contributed by atoms with van der Waals surface area (Å²) >= 11 is 0. The number of imide groups is 1. The second-order valence-corrected chi connectivity index (χ2v) is 19.6. The first-order valence-electron chi connectivity index (χ1n) is 16.3. The van der Waals surface area contributed by atoms with E-state index < -0.39 is 43.4 Å². The molecular weight excluding hydrogens is 623 g/mol. The highest BCUT2D eigenvalue weighted by atomic mass is 28.3. The van der Waals surface area contributed by atoms with Crippen LogP contribution in [0.15, 0.2) is 103 Å². The van der Waals surface area contributed by atoms with Crippen molar-refractivity contribution in [1.29, 1.82) is 0 Å². The minimum absolute atomic E-state index is 0.0199. The summed E-state index contributed by atoms with van der Waals surface area (Å²) in [6.07, 6.45) is 6.51. The molecule has 9 nitrogen and oxygen atoms in total. The number of aliphatic hydroxyl groups is 1. The fraction of sp³-hybridized carbons (Fsp3) is 0.395. The van der Waals surface area contributed by atoms with E-state index in [2.05, 4.69) is 31.3 Å². The Kier molecular flexibility index (Phi) is 11.8. The molecule has 2 aromatic carbocycles. The lowest BCUT2D eigenvalue weighted by atomic mass is 9.88. The number of cyclic esters (lactones) is 1. The van der Waals surface area contributed by atoms with Crippen LogP contribution in [0, 0.1) is 0 Å². The molecule has 48 heavy (non-hydrogen) atoms. The average molecular weight is 672 g/mol. The zero-order chi connectivity index (χ0) is 35.1. The van der Waals surface area contributed by atoms with E-state index in [4.69, 9.17) is 14.2 Å². The summed E-state index contributed by atoms with van der Waals surface area (Å²) in [5.41, 5.74) is 0.552. The molecule has 3 aromatic rings. The van der Waals surface area contributed by atoms with Crippen LogP contribution in [0.2, 0.25) is 25.7 Å². The Morgan fingerprint density at radius 2 is 1.77 bits per heavy atom. The number of hydrogen-bond donors (Lipinski definition) is 1. The summed E-state index contributed by atoms with van der Waals surface area (Å²) in [6, 6.07) is 19.6. The van der Waals surface area contributed by atoms with Crippen molar-refractivity contribution in [3.63, 3.8) is 0 Å². The average Bonchev–Trinajstić information content (AvgIpc) is 3.62. The lowest BCUT2D eigenvalue weighted by molar-refractivity contribution is -0.174. The highest BCUT2D eigenvalue weighted by Gasteiger charge is 2.57. The van der Waals surface area contributed by atoms with E-state index in [0.29, 0.717) is 12.2 Å². The number of carbonyl (C=O) groups is 2. The van der Waals surface area contributed by atoms with Crippen molar-refractivity contribution in [2.24, 2.45) is 0 Å². The third kappa shape index (κ3) is 8.87. The number of ether oxygens (including phenoxy) is 3. The monoisotopic (exact) mass is 671 g/mol. The van der Waals surface area contributed by atoms with E-state index in [0.717, 1.165) is 27.6 Å². The molecule has 256 valence electrons. The highest BCUT2D eigenvalue weighted by Crippen LogP contribution is 2.39. The third-order valence-corrected chi connectivity index (χ3v) is 10.1. The summed E-state index contributed by atoms with van der Waals surface area (Å²) in [7, 11) is -1.26. The van der Waals surface area contributed by atoms with Gasteiger partial charge in [-0.1, -0.05) is 105 Å². The predicted octanol–water partition coefficient (Wildman–Crippen LogP) is 7.69. The van der Waals surface area contributed by atoms with Crippen molar-refractivity contribution in [3.05, 3.63) is 115 Å². The summed E-state index contributed by atoms with van der Waals surface area (Å²) in [6.45, 7) is 18.6. The van der Waals surface area contributed by atoms with Gasteiger partial charge in [-0.05, 0) is 62.1 Å². The number of amides is 2. The van der Waals surface area contributed by atoms with E-state index in [-0.39, 0.29) is 19.0 Å². The van der Waals surface area contributed by atoms with Gasteiger partial charge < -0.3 is 19.3 Å². The maximum atomic E-state index is 14.6. The molecule has 10 heteroatoms. The van der Waals surface area contributed by atoms with Crippen LogP contribution in [0.3, 0.4) is 0 Å². The highest BCUT2D eigenvalue weighted by molar-refractivity contribution is 6.76. The number of rotatable bonds is 15. The van der Waals surface area contributed by atoms with E-state index >= 15 is 0 Å². The van der Waals surface area contributed by atoms with E-state index in [9.17, 15) is 14.7 Å². The number of aliphatic hydroxyl groups excluding tert-OH is 1. The Labute approximate surface area is 285 Å². The van der Waals surface area contributed by atoms with Crippen molar-refractivity contribution in [1.82, 2.24) is 14.7 Å². The summed E-state index contributed by atoms with van der Waals surface area (Å²) in [5.74, 6) is -0.766. The Morgan fingerprint density at radius 1 is 1.10 bits per heavy atom. The van der Waals surface area contributed by atoms with Gasteiger partial charge in [-0.2, -0.15) is 5.10 Å². The third-order valence-electron chi connectivity index (χ3n) is 8.36. The lowest BCUT2D eigenvalue weighted by Gasteiger charge is -2.37. The fourth-order valence-corrected chi connectivity index (χ4v) is 6.26. The maximum absolute atomic E-state index is 14.6. The van der Waals surface area contributed by atoms with Crippen LogP contribution in [0.1, 0.15) is 45.1 Å². The molecule has 2 amide bonds. The second kappa shape index (κ2) is 15.4. The first-order chi connectivity index (χ1) is 22.7. The molecule has 3 atom stereocenters. The van der Waals surface area contributed by atoms with Crippen LogP contribution >= 0.6 is 0 Å². The van der Waals surface area contributed by atoms with Gasteiger partial charge in [0.15, 0.2) is 5.60 Å². The Bertz CT molecular complexity index is 1620. The molecule has 0 radical (unpaired) electrons. The first-order valence-corrected chi connectivity index (χ1v) is 20.0. The van der Waals surface area contributed by atoms with Gasteiger partial charge in [-0.3, -0.25) is 4.79 Å². The molecule has 1 N–H and O–H groups in total. The largest absolute Gasteiger partial charge is 0.440 e. The topological polar surface area (TPSA) is 103 Å². The quantitative estimate of drug-likeness (QED) is 0.100. The molecule has 1 aliphatic rings. The van der Waals surface area contributed by atoms with Gasteiger partial charge in [-0.15, -0.1) is 0 Å². The minimum Gasteiger partial charge on any atom is -0.440 e. The van der Waals surface area contributed by atoms with Crippen molar-refractivity contribution >= 4 is 20.1 Å². The van der Waals surface area contributed by atoms with Crippen molar-refractivity contribution in [2.75, 3.05) is 6.61 Å². The normalized spacial score (nSPS) is 18.3. The number of hydrogen-bond acceptors (Lipinski definition) is 7. The summed E-state index contributed by atoms with van der Waals surface area (Å²) in [5, 5.41) is 16.4. The van der Waals surface area contributed by atoms with Gasteiger partial charge in [0.1, 0.15) is 24.5 Å². The standard InChI is InChI=1S/C38H49N3O6Si/c1-9-10-12-15-28(2)33-37(3,4)47-36(44)41(33)35(43)38(5,34(42)32-22-23-40(39-32)27-45-24-25-48(6,7)8)46-26-29-18-20-31(21-19-29)30-16-13-11-14-17-30/h9-23,33-34,42H,2,24-27H2,1,3-8H3/b10-9-,15-12-/t33-,34-,38-/m0/s1. The van der Waals surface area contributed by atoms with Crippen LogP contribution in [0.4, 0.5) is 4.79 Å². The number of benzene rings is 2. The summed E-state index contributed by atoms with van der Waals surface area (Å²) in [4.78, 5) is 29.0. The molecule has 0 aliphatic carbocycles. The molecule has 0 unspecified atom stereocenters. The Hall–Kier alpha value is -4.09. The summed E-state index contributed by atoms with van der Waals surface area (Å²) < 4.78 is 19.4. The molecule has 1 saturated heterocycles. The van der Waals surface area contributed by atoms with Gasteiger partial charge in [-0.25, -0.2) is 14.4 Å². The molecule has 2 heterocycles. The van der Waals surface area contributed by atoms with Crippen molar-refractivity contribution in [3.8, 4) is 11.1 Å². The van der Waals surface area contributed by atoms with Gasteiger partial charge in [0.2, 0.25) is 0 Å². The zero-order valence-electron chi connectivity index (χ0n) is 29.2. The van der Waals surface area contributed by atoms with Crippen LogP contribution in [0.25, 0.3) is 11.1 Å². The van der Waals surface area contributed by atoms with Crippen molar-refractivity contribution < 1.29 is 28.9 Å². The minimum atomic E-state index is -1.94. The van der Waals surface area contributed by atoms with Gasteiger partial charge in [0.25, 0.3) is 5.91 Å². The SMILES string of the molecule is C=C(/C=C\C=C/C)[C@@H]1N(C(=O)[C@@](C)(OCc2ccc(-c3ccccc3)cc2)[C@@H](O)c2ccn(COCC[Si](C)(C)C)n2)C(=O)OC1(C)C. The first kappa shape index (κ1) is 36.7. The molecule has 1 fully saturated rings. The molecule has 1 aliphatic heterocycles. The smallest absolute Gasteiger partial charge is 0.417 e. The predicted molar refractivity (Wildman–Crippen MR) is 191 cm³/mol. The van der Waals surface area contributed by atoms with Gasteiger partial charge >= 0.3 is 6.09 Å².